The lowest BCUT2D eigenvalue weighted by atomic mass is 10.0. The van der Waals surface area contributed by atoms with Gasteiger partial charge in [0.2, 0.25) is 0 Å². The molecule has 1 aliphatic heterocycles. The van der Waals surface area contributed by atoms with Gasteiger partial charge in [0.15, 0.2) is 6.29 Å². The number of ether oxygens (including phenoxy) is 2. The topological polar surface area (TPSA) is 92.9 Å². The number of carbonyl (C=O) groups is 2. The van der Waals surface area contributed by atoms with Crippen LogP contribution in [0.3, 0.4) is 0 Å². The molecule has 3 aromatic rings. The van der Waals surface area contributed by atoms with Crippen LogP contribution in [0.4, 0.5) is 4.79 Å². The molecule has 0 saturated carbocycles. The molecule has 2 aliphatic rings. The van der Waals surface area contributed by atoms with Crippen molar-refractivity contribution in [3.63, 3.8) is 0 Å². The Morgan fingerprint density at radius 1 is 1.15 bits per heavy atom. The van der Waals surface area contributed by atoms with Gasteiger partial charge in [-0.25, -0.2) is 15.1 Å². The summed E-state index contributed by atoms with van der Waals surface area (Å²) in [5.41, 5.74) is 7.38. The second-order valence-corrected chi connectivity index (χ2v) is 11.5. The van der Waals surface area contributed by atoms with E-state index in [1.165, 1.54) is 22.6 Å². The molecule has 212 valence electrons. The van der Waals surface area contributed by atoms with Crippen molar-refractivity contribution in [1.29, 1.82) is 0 Å². The van der Waals surface area contributed by atoms with Gasteiger partial charge in [-0.1, -0.05) is 36.4 Å². The first-order valence-corrected chi connectivity index (χ1v) is 14.2. The minimum Gasteiger partial charge on any atom is -0.444 e. The summed E-state index contributed by atoms with van der Waals surface area (Å²) in [5, 5.41) is 1.18. The van der Waals surface area contributed by atoms with E-state index < -0.39 is 5.60 Å². The Labute approximate surface area is 235 Å². The van der Waals surface area contributed by atoms with Crippen LogP contribution in [-0.4, -0.2) is 46.9 Å². The third-order valence-electron chi connectivity index (χ3n) is 7.37. The maximum Gasteiger partial charge on any atom is 0.410 e. The number of para-hydroxylation sites is 1. The minimum atomic E-state index is -0.584. The summed E-state index contributed by atoms with van der Waals surface area (Å²) < 4.78 is 11.3. The molecule has 0 spiro atoms. The standard InChI is InChI=1S/C32H39N3O5/c1-32(2,3)39-31(37)35(18-17-24-21-33-27-9-5-4-8-25(24)27)28-15-13-23-20-22(11-14-26(23)28)12-16-29(36)34-40-30-10-6-7-19-38-30/h4-5,8-9,11-12,14,16,20-21,28,30,33H,6-7,10,13,15,17-19H2,1-3H3,(H,34,36)/b16-12+. The lowest BCUT2D eigenvalue weighted by Crippen LogP contribution is -2.40. The summed E-state index contributed by atoms with van der Waals surface area (Å²) in [5.74, 6) is -0.332. The Hall–Kier alpha value is -3.62. The number of nitrogens with one attached hydrogen (secondary N) is 2. The van der Waals surface area contributed by atoms with Crippen LogP contribution in [0.2, 0.25) is 0 Å². The van der Waals surface area contributed by atoms with Gasteiger partial charge in [-0.05, 0) is 87.3 Å². The first-order valence-electron chi connectivity index (χ1n) is 14.2. The molecule has 8 heteroatoms. The number of benzene rings is 2. The summed E-state index contributed by atoms with van der Waals surface area (Å²) in [7, 11) is 0. The number of aromatic nitrogens is 1. The van der Waals surface area contributed by atoms with Crippen molar-refractivity contribution in [1.82, 2.24) is 15.4 Å². The Bertz CT molecular complexity index is 1370. The molecular weight excluding hydrogens is 506 g/mol. The van der Waals surface area contributed by atoms with Crippen molar-refractivity contribution >= 4 is 29.0 Å². The van der Waals surface area contributed by atoms with Crippen molar-refractivity contribution in [2.45, 2.75) is 77.2 Å². The fourth-order valence-electron chi connectivity index (χ4n) is 5.45. The first kappa shape index (κ1) is 27.9. The minimum absolute atomic E-state index is 0.0692. The van der Waals surface area contributed by atoms with E-state index in [1.54, 1.807) is 6.08 Å². The van der Waals surface area contributed by atoms with E-state index in [4.69, 9.17) is 14.3 Å². The molecule has 8 nitrogen and oxygen atoms in total. The fraction of sp³-hybridized carbons (Fsp3) is 0.438. The molecule has 5 rings (SSSR count). The largest absolute Gasteiger partial charge is 0.444 e. The SMILES string of the molecule is CC(C)(C)OC(=O)N(CCc1c[nH]c2ccccc12)C1CCc2cc(/C=C/C(=O)NOC3CCCCO3)ccc21. The summed E-state index contributed by atoms with van der Waals surface area (Å²) in [4.78, 5) is 36.2. The van der Waals surface area contributed by atoms with Crippen LogP contribution in [0.1, 0.15) is 74.8 Å². The van der Waals surface area contributed by atoms with Crippen LogP contribution in [0.5, 0.6) is 0 Å². The quantitative estimate of drug-likeness (QED) is 0.259. The van der Waals surface area contributed by atoms with Gasteiger partial charge in [0.1, 0.15) is 5.60 Å². The smallest absolute Gasteiger partial charge is 0.410 e. The summed E-state index contributed by atoms with van der Waals surface area (Å²) in [6.07, 6.45) is 9.81. The molecule has 2 heterocycles. The number of hydrogen-bond acceptors (Lipinski definition) is 5. The lowest BCUT2D eigenvalue weighted by molar-refractivity contribution is -0.198. The summed E-state index contributed by atoms with van der Waals surface area (Å²) >= 11 is 0. The van der Waals surface area contributed by atoms with Gasteiger partial charge in [0, 0.05) is 42.7 Å². The molecule has 2 unspecified atom stereocenters. The second kappa shape index (κ2) is 12.3. The Kier molecular flexibility index (Phi) is 8.57. The van der Waals surface area contributed by atoms with Crippen molar-refractivity contribution in [2.24, 2.45) is 0 Å². The van der Waals surface area contributed by atoms with Gasteiger partial charge in [-0.2, -0.15) is 0 Å². The van der Waals surface area contributed by atoms with Crippen molar-refractivity contribution in [3.8, 4) is 0 Å². The van der Waals surface area contributed by atoms with Crippen LogP contribution in [0.25, 0.3) is 17.0 Å². The number of nitrogens with zero attached hydrogens (tertiary/aromatic N) is 1. The molecule has 0 radical (unpaired) electrons. The van der Waals surface area contributed by atoms with Crippen LogP contribution in [0, 0.1) is 0 Å². The highest BCUT2D eigenvalue weighted by molar-refractivity contribution is 5.91. The van der Waals surface area contributed by atoms with Gasteiger partial charge < -0.3 is 19.4 Å². The van der Waals surface area contributed by atoms with E-state index in [-0.39, 0.29) is 24.3 Å². The third-order valence-corrected chi connectivity index (χ3v) is 7.37. The number of fused-ring (bicyclic) bond motifs is 2. The second-order valence-electron chi connectivity index (χ2n) is 11.5. The lowest BCUT2D eigenvalue weighted by Gasteiger charge is -2.32. The fourth-order valence-corrected chi connectivity index (χ4v) is 5.45. The van der Waals surface area contributed by atoms with Gasteiger partial charge in [0.05, 0.1) is 6.04 Å². The van der Waals surface area contributed by atoms with E-state index in [0.717, 1.165) is 55.2 Å². The first-order chi connectivity index (χ1) is 19.3. The molecule has 2 atom stereocenters. The molecule has 1 saturated heterocycles. The number of H-pyrrole nitrogens is 1. The highest BCUT2D eigenvalue weighted by Crippen LogP contribution is 2.37. The average Bonchev–Trinajstić information content (AvgIpc) is 3.55. The van der Waals surface area contributed by atoms with E-state index in [0.29, 0.717) is 13.2 Å². The number of carbonyl (C=O) groups excluding carboxylic acids is 2. The van der Waals surface area contributed by atoms with Gasteiger partial charge in [-0.15, -0.1) is 0 Å². The Morgan fingerprint density at radius 3 is 2.80 bits per heavy atom. The normalized spacial score (nSPS) is 19.1. The van der Waals surface area contributed by atoms with Gasteiger partial charge in [0.25, 0.3) is 5.91 Å². The maximum absolute atomic E-state index is 13.4. The Morgan fingerprint density at radius 2 is 2.00 bits per heavy atom. The van der Waals surface area contributed by atoms with Gasteiger partial charge in [-0.3, -0.25) is 4.79 Å². The van der Waals surface area contributed by atoms with Crippen molar-refractivity contribution in [3.05, 3.63) is 77.0 Å². The zero-order chi connectivity index (χ0) is 28.1. The summed E-state index contributed by atoms with van der Waals surface area (Å²) in [6, 6.07) is 14.3. The van der Waals surface area contributed by atoms with E-state index in [9.17, 15) is 9.59 Å². The Balaban J connectivity index is 1.27. The van der Waals surface area contributed by atoms with Crippen LogP contribution in [-0.2, 0) is 31.9 Å². The van der Waals surface area contributed by atoms with Crippen molar-refractivity contribution < 1.29 is 23.9 Å². The number of hydrogen-bond donors (Lipinski definition) is 2. The molecule has 1 aliphatic carbocycles. The molecule has 2 N–H and O–H groups in total. The number of amides is 2. The average molecular weight is 546 g/mol. The molecule has 2 aromatic carbocycles. The van der Waals surface area contributed by atoms with Crippen molar-refractivity contribution in [2.75, 3.05) is 13.2 Å². The van der Waals surface area contributed by atoms with Gasteiger partial charge >= 0.3 is 6.09 Å². The predicted octanol–water partition coefficient (Wildman–Crippen LogP) is 6.22. The third kappa shape index (κ3) is 6.92. The maximum atomic E-state index is 13.4. The number of aromatic amines is 1. The molecule has 1 fully saturated rings. The molecular formula is C32H39N3O5. The van der Waals surface area contributed by atoms with Crippen LogP contribution < -0.4 is 5.48 Å². The van der Waals surface area contributed by atoms with Crippen LogP contribution >= 0.6 is 0 Å². The highest BCUT2D eigenvalue weighted by Gasteiger charge is 2.33. The van der Waals surface area contributed by atoms with E-state index in [1.807, 2.05) is 50.1 Å². The number of aryl methyl sites for hydroxylation is 1. The number of hydroxylamine groups is 1. The molecule has 40 heavy (non-hydrogen) atoms. The highest BCUT2D eigenvalue weighted by atomic mass is 16.8. The van der Waals surface area contributed by atoms with Crippen LogP contribution in [0.15, 0.2) is 54.7 Å². The summed E-state index contributed by atoms with van der Waals surface area (Å²) in [6.45, 7) is 6.89. The molecule has 0 bridgehead atoms. The monoisotopic (exact) mass is 545 g/mol. The zero-order valence-corrected chi connectivity index (χ0v) is 23.6. The molecule has 2 amide bonds. The van der Waals surface area contributed by atoms with E-state index >= 15 is 0 Å². The zero-order valence-electron chi connectivity index (χ0n) is 23.6. The molecule has 1 aromatic heterocycles. The predicted molar refractivity (Wildman–Crippen MR) is 154 cm³/mol. The number of rotatable bonds is 8. The van der Waals surface area contributed by atoms with E-state index in [2.05, 4.69) is 34.7 Å².